The Balaban J connectivity index is 2.25. The van der Waals surface area contributed by atoms with Crippen LogP contribution < -0.4 is 10.5 Å². The van der Waals surface area contributed by atoms with E-state index in [1.807, 2.05) is 6.07 Å². The van der Waals surface area contributed by atoms with Gasteiger partial charge in [-0.1, -0.05) is 17.9 Å². The lowest BCUT2D eigenvalue weighted by Gasteiger charge is -2.22. The Labute approximate surface area is 130 Å². The number of nitrogens with two attached hydrogens (primary N) is 1. The van der Waals surface area contributed by atoms with Gasteiger partial charge in [0.25, 0.3) is 0 Å². The van der Waals surface area contributed by atoms with Crippen LogP contribution in [-0.2, 0) is 10.0 Å². The van der Waals surface area contributed by atoms with E-state index in [1.54, 1.807) is 30.8 Å². The fourth-order valence-electron chi connectivity index (χ4n) is 2.24. The second-order valence-corrected chi connectivity index (χ2v) is 7.85. The predicted octanol–water partition coefficient (Wildman–Crippen LogP) is 1.48. The van der Waals surface area contributed by atoms with Gasteiger partial charge >= 0.3 is 0 Å². The summed E-state index contributed by atoms with van der Waals surface area (Å²) < 4.78 is 27.9. The average molecular weight is 324 g/mol. The zero-order valence-corrected chi connectivity index (χ0v) is 13.7. The minimum Gasteiger partial charge on any atom is -0.320 e. The highest BCUT2D eigenvalue weighted by atomic mass is 32.2. The zero-order chi connectivity index (χ0) is 15.3. The summed E-state index contributed by atoms with van der Waals surface area (Å²) >= 11 is 1.79. The monoisotopic (exact) mass is 324 g/mol. The van der Waals surface area contributed by atoms with Gasteiger partial charge in [0.1, 0.15) is 0 Å². The van der Waals surface area contributed by atoms with Crippen molar-refractivity contribution in [3.63, 3.8) is 0 Å². The molecule has 21 heavy (non-hydrogen) atoms. The Morgan fingerprint density at radius 3 is 2.95 bits per heavy atom. The van der Waals surface area contributed by atoms with Crippen molar-refractivity contribution >= 4 is 21.8 Å². The Hall–Kier alpha value is -1.000. The van der Waals surface area contributed by atoms with Gasteiger partial charge in [-0.05, 0) is 43.2 Å². The van der Waals surface area contributed by atoms with Gasteiger partial charge in [-0.25, -0.2) is 13.1 Å². The highest BCUT2D eigenvalue weighted by Gasteiger charge is 2.23. The minimum atomic E-state index is -3.50. The van der Waals surface area contributed by atoms with Crippen LogP contribution in [0.2, 0.25) is 0 Å². The molecule has 0 spiro atoms. The van der Waals surface area contributed by atoms with E-state index in [0.29, 0.717) is 10.5 Å². The molecule has 3 N–H and O–H groups in total. The van der Waals surface area contributed by atoms with Gasteiger partial charge in [0, 0.05) is 17.4 Å². The number of thioether (sulfide) groups is 1. The number of hydrogen-bond donors (Lipinski definition) is 2. The molecule has 0 bridgehead atoms. The van der Waals surface area contributed by atoms with Crippen molar-refractivity contribution in [1.82, 2.24) is 4.72 Å². The third kappa shape index (κ3) is 4.48. The fraction of sp³-hybridized carbons (Fsp3) is 0.467. The second kappa shape index (κ2) is 7.32. The molecule has 1 heterocycles. The molecular formula is C15H20N2O2S2. The molecule has 114 valence electrons. The molecule has 2 rings (SSSR count). The lowest BCUT2D eigenvalue weighted by molar-refractivity contribution is 0.542. The van der Waals surface area contributed by atoms with Crippen LogP contribution in [0.25, 0.3) is 0 Å². The third-order valence-electron chi connectivity index (χ3n) is 3.29. The van der Waals surface area contributed by atoms with Crippen LogP contribution in [-0.4, -0.2) is 32.5 Å². The van der Waals surface area contributed by atoms with Gasteiger partial charge in [0.05, 0.1) is 11.4 Å². The van der Waals surface area contributed by atoms with Gasteiger partial charge in [-0.2, -0.15) is 11.8 Å². The molecular weight excluding hydrogens is 304 g/mol. The molecule has 1 unspecified atom stereocenters. The lowest BCUT2D eigenvalue weighted by atomic mass is 10.1. The molecule has 1 aromatic rings. The van der Waals surface area contributed by atoms with Crippen molar-refractivity contribution < 1.29 is 8.42 Å². The molecule has 1 atom stereocenters. The van der Waals surface area contributed by atoms with Crippen LogP contribution in [0.4, 0.5) is 0 Å². The highest BCUT2D eigenvalue weighted by Crippen LogP contribution is 2.21. The van der Waals surface area contributed by atoms with Gasteiger partial charge < -0.3 is 5.73 Å². The van der Waals surface area contributed by atoms with Crippen LogP contribution >= 0.6 is 11.8 Å². The summed E-state index contributed by atoms with van der Waals surface area (Å²) in [6.45, 7) is 2.05. The van der Waals surface area contributed by atoms with E-state index >= 15 is 0 Å². The van der Waals surface area contributed by atoms with E-state index in [1.165, 1.54) is 0 Å². The van der Waals surface area contributed by atoms with Gasteiger partial charge in [0.15, 0.2) is 0 Å². The summed E-state index contributed by atoms with van der Waals surface area (Å²) in [5.41, 5.74) is 6.74. The molecule has 1 saturated heterocycles. The van der Waals surface area contributed by atoms with Crippen molar-refractivity contribution in [2.24, 2.45) is 5.73 Å². The van der Waals surface area contributed by atoms with Crippen molar-refractivity contribution in [3.8, 4) is 11.8 Å². The van der Waals surface area contributed by atoms with E-state index < -0.39 is 10.0 Å². The summed E-state index contributed by atoms with van der Waals surface area (Å²) in [6.07, 6.45) is 1.96. The van der Waals surface area contributed by atoms with Crippen LogP contribution in [0.15, 0.2) is 23.1 Å². The SMILES string of the molecule is Cc1ccc(C#CCN)cc1S(=O)(=O)NC1CCCSC1. The second-order valence-electron chi connectivity index (χ2n) is 5.02. The first-order chi connectivity index (χ1) is 10.0. The maximum atomic E-state index is 12.6. The average Bonchev–Trinajstić information content (AvgIpc) is 2.47. The molecule has 0 aromatic heterocycles. The van der Waals surface area contributed by atoms with Crippen molar-refractivity contribution in [3.05, 3.63) is 29.3 Å². The van der Waals surface area contributed by atoms with E-state index in [9.17, 15) is 8.42 Å². The van der Waals surface area contributed by atoms with Crippen LogP contribution in [0.5, 0.6) is 0 Å². The summed E-state index contributed by atoms with van der Waals surface area (Å²) in [5.74, 6) is 7.57. The summed E-state index contributed by atoms with van der Waals surface area (Å²) in [6, 6.07) is 5.24. The molecule has 0 radical (unpaired) electrons. The highest BCUT2D eigenvalue weighted by molar-refractivity contribution is 7.99. The van der Waals surface area contributed by atoms with Crippen LogP contribution in [0, 0.1) is 18.8 Å². The first kappa shape index (κ1) is 16.4. The normalized spacial score (nSPS) is 18.9. The number of hydrogen-bond acceptors (Lipinski definition) is 4. The van der Waals surface area contributed by atoms with Crippen molar-refractivity contribution in [1.29, 1.82) is 0 Å². The number of benzene rings is 1. The molecule has 6 heteroatoms. The van der Waals surface area contributed by atoms with Crippen LogP contribution in [0.1, 0.15) is 24.0 Å². The first-order valence-electron chi connectivity index (χ1n) is 6.92. The molecule has 4 nitrogen and oxygen atoms in total. The van der Waals surface area contributed by atoms with E-state index in [-0.39, 0.29) is 12.6 Å². The summed E-state index contributed by atoms with van der Waals surface area (Å²) in [4.78, 5) is 0.307. The standard InChI is InChI=1S/C15H20N2O2S2/c1-12-6-7-13(4-2-8-16)10-15(12)21(18,19)17-14-5-3-9-20-11-14/h6-7,10,14,17H,3,5,8-9,11,16H2,1H3. The zero-order valence-electron chi connectivity index (χ0n) is 12.1. The molecule has 0 amide bonds. The van der Waals surface area contributed by atoms with E-state index in [2.05, 4.69) is 16.6 Å². The smallest absolute Gasteiger partial charge is 0.241 e. The largest absolute Gasteiger partial charge is 0.320 e. The first-order valence-corrected chi connectivity index (χ1v) is 9.56. The quantitative estimate of drug-likeness (QED) is 0.826. The molecule has 1 aliphatic rings. The van der Waals surface area contributed by atoms with Crippen LogP contribution in [0.3, 0.4) is 0 Å². The molecule has 1 aromatic carbocycles. The Bertz CT molecular complexity index is 654. The molecule has 0 aliphatic carbocycles. The van der Waals surface area contributed by atoms with Gasteiger partial charge in [-0.15, -0.1) is 0 Å². The Kier molecular flexibility index (Phi) is 5.71. The predicted molar refractivity (Wildman–Crippen MR) is 87.8 cm³/mol. The lowest BCUT2D eigenvalue weighted by Crippen LogP contribution is -2.38. The summed E-state index contributed by atoms with van der Waals surface area (Å²) in [5, 5.41) is 0. The number of rotatable bonds is 3. The Morgan fingerprint density at radius 1 is 1.48 bits per heavy atom. The van der Waals surface area contributed by atoms with E-state index in [4.69, 9.17) is 5.73 Å². The summed E-state index contributed by atoms with van der Waals surface area (Å²) in [7, 11) is -3.50. The Morgan fingerprint density at radius 2 is 2.29 bits per heavy atom. The maximum Gasteiger partial charge on any atom is 0.241 e. The maximum absolute atomic E-state index is 12.6. The fourth-order valence-corrected chi connectivity index (χ4v) is 4.96. The minimum absolute atomic E-state index is 0.0203. The molecule has 1 fully saturated rings. The number of aryl methyl sites for hydroxylation is 1. The van der Waals surface area contributed by atoms with Gasteiger partial charge in [0.2, 0.25) is 10.0 Å². The molecule has 1 aliphatic heterocycles. The number of sulfonamides is 1. The molecule has 0 saturated carbocycles. The van der Waals surface area contributed by atoms with Gasteiger partial charge in [-0.3, -0.25) is 0 Å². The van der Waals surface area contributed by atoms with Crippen molar-refractivity contribution in [2.45, 2.75) is 30.7 Å². The van der Waals surface area contributed by atoms with E-state index in [0.717, 1.165) is 29.9 Å². The topological polar surface area (TPSA) is 72.2 Å². The number of nitrogens with one attached hydrogen (secondary N) is 1. The third-order valence-corrected chi connectivity index (χ3v) is 6.17. The van der Waals surface area contributed by atoms with Crippen molar-refractivity contribution in [2.75, 3.05) is 18.1 Å².